The van der Waals surface area contributed by atoms with E-state index < -0.39 is 0 Å². The van der Waals surface area contributed by atoms with Gasteiger partial charge in [0.2, 0.25) is 0 Å². The molecule has 19 heavy (non-hydrogen) atoms. The number of nitrogens with one attached hydrogen (secondary N) is 1. The molecule has 1 aromatic rings. The highest BCUT2D eigenvalue weighted by Gasteiger charge is 2.22. The van der Waals surface area contributed by atoms with Gasteiger partial charge in [0, 0.05) is 24.8 Å². The fraction of sp³-hybridized carbons (Fsp3) is 0.625. The second-order valence-electron chi connectivity index (χ2n) is 5.58. The maximum absolute atomic E-state index is 5.91. The van der Waals surface area contributed by atoms with E-state index in [1.807, 2.05) is 0 Å². The Morgan fingerprint density at radius 2 is 2.11 bits per heavy atom. The Labute approximate surface area is 115 Å². The van der Waals surface area contributed by atoms with E-state index in [0.717, 1.165) is 38.3 Å². The van der Waals surface area contributed by atoms with E-state index in [9.17, 15) is 0 Å². The average molecular weight is 261 g/mol. The fourth-order valence-corrected chi connectivity index (χ4v) is 3.05. The normalized spacial score (nSPS) is 26.6. The second kappa shape index (κ2) is 5.93. The highest BCUT2D eigenvalue weighted by atomic mass is 16.5. The summed E-state index contributed by atoms with van der Waals surface area (Å²) in [7, 11) is 0. The summed E-state index contributed by atoms with van der Waals surface area (Å²) in [6, 6.07) is 6.85. The first-order chi connectivity index (χ1) is 9.34. The van der Waals surface area contributed by atoms with Gasteiger partial charge in [-0.2, -0.15) is 0 Å². The third kappa shape index (κ3) is 2.93. The van der Waals surface area contributed by atoms with E-state index in [0.29, 0.717) is 12.1 Å². The minimum atomic E-state index is 0.400. The van der Waals surface area contributed by atoms with Crippen LogP contribution >= 0.6 is 0 Å². The summed E-state index contributed by atoms with van der Waals surface area (Å²) < 4.78 is 11.6. The van der Waals surface area contributed by atoms with Crippen LogP contribution in [-0.4, -0.2) is 25.9 Å². The molecule has 0 bridgehead atoms. The lowest BCUT2D eigenvalue weighted by Crippen LogP contribution is -2.30. The van der Waals surface area contributed by atoms with Gasteiger partial charge in [0.1, 0.15) is 5.75 Å². The summed E-state index contributed by atoms with van der Waals surface area (Å²) in [5.74, 6) is 1.09. The molecule has 2 unspecified atom stereocenters. The van der Waals surface area contributed by atoms with E-state index in [2.05, 4.69) is 30.4 Å². The standard InChI is InChI=1S/C16H23NO2/c1-12-5-2-7-14-15(8-4-10-19-16(12)14)17-11-13-6-3-9-18-13/h2,5,7,13,15,17H,3-4,6,8-11H2,1H3. The van der Waals surface area contributed by atoms with Gasteiger partial charge in [-0.1, -0.05) is 18.2 Å². The first kappa shape index (κ1) is 12.9. The predicted octanol–water partition coefficient (Wildman–Crippen LogP) is 2.98. The molecule has 1 fully saturated rings. The van der Waals surface area contributed by atoms with Crippen LogP contribution in [0.2, 0.25) is 0 Å². The first-order valence-electron chi connectivity index (χ1n) is 7.42. The van der Waals surface area contributed by atoms with Crippen molar-refractivity contribution < 1.29 is 9.47 Å². The highest BCUT2D eigenvalue weighted by molar-refractivity contribution is 5.43. The van der Waals surface area contributed by atoms with Crippen molar-refractivity contribution in [3.05, 3.63) is 29.3 Å². The summed E-state index contributed by atoms with van der Waals surface area (Å²) in [5, 5.41) is 3.68. The maximum atomic E-state index is 5.91. The predicted molar refractivity (Wildman–Crippen MR) is 75.6 cm³/mol. The molecule has 3 heteroatoms. The van der Waals surface area contributed by atoms with Gasteiger partial charge in [0.25, 0.3) is 0 Å². The van der Waals surface area contributed by atoms with E-state index in [1.54, 1.807) is 0 Å². The second-order valence-corrected chi connectivity index (χ2v) is 5.58. The van der Waals surface area contributed by atoms with Gasteiger partial charge >= 0.3 is 0 Å². The minimum absolute atomic E-state index is 0.400. The highest BCUT2D eigenvalue weighted by Crippen LogP contribution is 2.34. The van der Waals surface area contributed by atoms with Crippen LogP contribution in [0.25, 0.3) is 0 Å². The molecule has 2 heterocycles. The molecule has 0 aliphatic carbocycles. The number of hydrogen-bond acceptors (Lipinski definition) is 3. The number of para-hydroxylation sites is 1. The Morgan fingerprint density at radius 3 is 2.95 bits per heavy atom. The van der Waals surface area contributed by atoms with Crippen LogP contribution in [0.3, 0.4) is 0 Å². The lowest BCUT2D eigenvalue weighted by atomic mass is 9.99. The molecule has 1 saturated heterocycles. The molecular formula is C16H23NO2. The molecule has 3 rings (SSSR count). The summed E-state index contributed by atoms with van der Waals surface area (Å²) in [4.78, 5) is 0. The lowest BCUT2D eigenvalue weighted by Gasteiger charge is -2.21. The number of ether oxygens (including phenoxy) is 2. The van der Waals surface area contributed by atoms with E-state index in [1.165, 1.54) is 24.0 Å². The number of benzene rings is 1. The van der Waals surface area contributed by atoms with Crippen molar-refractivity contribution >= 4 is 0 Å². The molecule has 0 saturated carbocycles. The van der Waals surface area contributed by atoms with Crippen molar-refractivity contribution in [2.24, 2.45) is 0 Å². The van der Waals surface area contributed by atoms with E-state index in [4.69, 9.17) is 9.47 Å². The summed E-state index contributed by atoms with van der Waals surface area (Å²) in [6.07, 6.45) is 5.05. The van der Waals surface area contributed by atoms with Gasteiger partial charge in [-0.25, -0.2) is 0 Å². The van der Waals surface area contributed by atoms with E-state index in [-0.39, 0.29) is 0 Å². The quantitative estimate of drug-likeness (QED) is 0.907. The molecule has 104 valence electrons. The Hall–Kier alpha value is -1.06. The van der Waals surface area contributed by atoms with Gasteiger partial charge in [-0.3, -0.25) is 0 Å². The van der Waals surface area contributed by atoms with Crippen molar-refractivity contribution in [3.63, 3.8) is 0 Å². The molecule has 0 amide bonds. The van der Waals surface area contributed by atoms with Gasteiger partial charge < -0.3 is 14.8 Å². The van der Waals surface area contributed by atoms with Crippen molar-refractivity contribution in [1.29, 1.82) is 0 Å². The maximum Gasteiger partial charge on any atom is 0.126 e. The summed E-state index contributed by atoms with van der Waals surface area (Å²) >= 11 is 0. The fourth-order valence-electron chi connectivity index (χ4n) is 3.05. The Bertz CT molecular complexity index is 427. The SMILES string of the molecule is Cc1cccc2c1OCCCC2NCC1CCCO1. The average Bonchev–Trinajstić information content (AvgIpc) is 2.84. The van der Waals surface area contributed by atoms with Gasteiger partial charge in [0.15, 0.2) is 0 Å². The largest absolute Gasteiger partial charge is 0.493 e. The first-order valence-corrected chi connectivity index (χ1v) is 7.42. The molecule has 0 radical (unpaired) electrons. The Kier molecular flexibility index (Phi) is 4.04. The molecule has 3 nitrogen and oxygen atoms in total. The molecule has 2 atom stereocenters. The van der Waals surface area contributed by atoms with Crippen LogP contribution in [0.5, 0.6) is 5.75 Å². The van der Waals surface area contributed by atoms with Crippen LogP contribution < -0.4 is 10.1 Å². The Balaban J connectivity index is 1.72. The van der Waals surface area contributed by atoms with Crippen LogP contribution in [0.4, 0.5) is 0 Å². The molecule has 1 N–H and O–H groups in total. The molecule has 0 aromatic heterocycles. The molecule has 2 aliphatic heterocycles. The number of fused-ring (bicyclic) bond motifs is 1. The number of rotatable bonds is 3. The molecule has 0 spiro atoms. The van der Waals surface area contributed by atoms with Crippen LogP contribution in [0.1, 0.15) is 42.9 Å². The molecule has 1 aromatic carbocycles. The topological polar surface area (TPSA) is 30.5 Å². The van der Waals surface area contributed by atoms with Crippen molar-refractivity contribution in [2.75, 3.05) is 19.8 Å². The summed E-state index contributed by atoms with van der Waals surface area (Å²) in [6.45, 7) is 4.84. The number of aryl methyl sites for hydroxylation is 1. The summed E-state index contributed by atoms with van der Waals surface area (Å²) in [5.41, 5.74) is 2.55. The van der Waals surface area contributed by atoms with Crippen LogP contribution in [0.15, 0.2) is 18.2 Å². The van der Waals surface area contributed by atoms with Crippen molar-refractivity contribution in [2.45, 2.75) is 44.8 Å². The van der Waals surface area contributed by atoms with E-state index >= 15 is 0 Å². The Morgan fingerprint density at radius 1 is 1.21 bits per heavy atom. The zero-order valence-electron chi connectivity index (χ0n) is 11.7. The third-order valence-corrected chi connectivity index (χ3v) is 4.12. The van der Waals surface area contributed by atoms with Crippen LogP contribution in [0, 0.1) is 6.92 Å². The molecule has 2 aliphatic rings. The van der Waals surface area contributed by atoms with Crippen molar-refractivity contribution in [1.82, 2.24) is 5.32 Å². The molecular weight excluding hydrogens is 238 g/mol. The van der Waals surface area contributed by atoms with Crippen molar-refractivity contribution in [3.8, 4) is 5.75 Å². The zero-order chi connectivity index (χ0) is 13.1. The minimum Gasteiger partial charge on any atom is -0.493 e. The van der Waals surface area contributed by atoms with Gasteiger partial charge in [-0.05, 0) is 38.2 Å². The lowest BCUT2D eigenvalue weighted by molar-refractivity contribution is 0.107. The monoisotopic (exact) mass is 261 g/mol. The third-order valence-electron chi connectivity index (χ3n) is 4.12. The van der Waals surface area contributed by atoms with Gasteiger partial charge in [-0.15, -0.1) is 0 Å². The van der Waals surface area contributed by atoms with Crippen LogP contribution in [-0.2, 0) is 4.74 Å². The zero-order valence-corrected chi connectivity index (χ0v) is 11.7. The smallest absolute Gasteiger partial charge is 0.126 e. The number of hydrogen-bond donors (Lipinski definition) is 1. The van der Waals surface area contributed by atoms with Gasteiger partial charge in [0.05, 0.1) is 12.7 Å².